The van der Waals surface area contributed by atoms with Crippen molar-refractivity contribution in [3.8, 4) is 0 Å². The number of nitrogens with zero attached hydrogens (tertiary/aromatic N) is 3. The van der Waals surface area contributed by atoms with Crippen molar-refractivity contribution in [2.75, 3.05) is 6.54 Å². The first kappa shape index (κ1) is 8.89. The van der Waals surface area contributed by atoms with Crippen LogP contribution in [-0.4, -0.2) is 6.54 Å². The van der Waals surface area contributed by atoms with Gasteiger partial charge in [-0.25, -0.2) is 0 Å². The zero-order chi connectivity index (χ0) is 9.10. The monoisotopic (exact) mass is 179 g/mol. The quantitative estimate of drug-likeness (QED) is 0.354. The van der Waals surface area contributed by atoms with Gasteiger partial charge in [0, 0.05) is 11.5 Å². The number of hydrogen-bond donors (Lipinski definition) is 0. The molecule has 3 heteroatoms. The molecule has 13 heavy (non-hydrogen) atoms. The molecule has 3 unspecified atom stereocenters. The van der Waals surface area contributed by atoms with Gasteiger partial charge in [-0.05, 0) is 42.5 Å². The van der Waals surface area contributed by atoms with Crippen LogP contribution in [0.1, 0.15) is 38.5 Å². The molecule has 2 rings (SSSR count). The van der Waals surface area contributed by atoms with E-state index in [0.29, 0.717) is 5.92 Å². The van der Waals surface area contributed by atoms with Crippen molar-refractivity contribution in [2.24, 2.45) is 22.9 Å². The molecule has 3 nitrogen and oxygen atoms in total. The van der Waals surface area contributed by atoms with Crippen molar-refractivity contribution in [3.63, 3.8) is 0 Å². The molecule has 0 spiro atoms. The van der Waals surface area contributed by atoms with Gasteiger partial charge in [-0.2, -0.15) is 0 Å². The Kier molecular flexibility index (Phi) is 2.74. The SMILES string of the molecule is [N-]=[N+]=NCC1CCC2CCCCC21. The summed E-state index contributed by atoms with van der Waals surface area (Å²) < 4.78 is 0. The van der Waals surface area contributed by atoms with Crippen LogP contribution in [-0.2, 0) is 0 Å². The number of hydrogen-bond acceptors (Lipinski definition) is 1. The molecular weight excluding hydrogens is 162 g/mol. The van der Waals surface area contributed by atoms with Gasteiger partial charge in [0.2, 0.25) is 0 Å². The summed E-state index contributed by atoms with van der Waals surface area (Å²) in [6, 6.07) is 0. The normalized spacial score (nSPS) is 38.0. The molecule has 0 aromatic rings. The van der Waals surface area contributed by atoms with Crippen LogP contribution < -0.4 is 0 Å². The van der Waals surface area contributed by atoms with Gasteiger partial charge in [0.25, 0.3) is 0 Å². The van der Waals surface area contributed by atoms with E-state index in [2.05, 4.69) is 10.0 Å². The first-order chi connectivity index (χ1) is 6.42. The van der Waals surface area contributed by atoms with Crippen LogP contribution in [0.15, 0.2) is 5.11 Å². The molecule has 2 saturated carbocycles. The van der Waals surface area contributed by atoms with Gasteiger partial charge < -0.3 is 0 Å². The Bertz CT molecular complexity index is 220. The number of rotatable bonds is 2. The van der Waals surface area contributed by atoms with Gasteiger partial charge >= 0.3 is 0 Å². The van der Waals surface area contributed by atoms with Crippen LogP contribution in [0.3, 0.4) is 0 Å². The highest BCUT2D eigenvalue weighted by Gasteiger charge is 2.36. The molecule has 0 aromatic carbocycles. The van der Waals surface area contributed by atoms with Crippen molar-refractivity contribution >= 4 is 0 Å². The summed E-state index contributed by atoms with van der Waals surface area (Å²) in [7, 11) is 0. The zero-order valence-electron chi connectivity index (χ0n) is 8.02. The third kappa shape index (κ3) is 1.80. The lowest BCUT2D eigenvalue weighted by Crippen LogP contribution is -2.20. The summed E-state index contributed by atoms with van der Waals surface area (Å²) in [5.74, 6) is 2.56. The summed E-state index contributed by atoms with van der Waals surface area (Å²) in [5, 5.41) is 3.73. The molecular formula is C10H17N3. The van der Waals surface area contributed by atoms with E-state index in [0.717, 1.165) is 18.4 Å². The van der Waals surface area contributed by atoms with Crippen LogP contribution in [0.25, 0.3) is 10.4 Å². The standard InChI is InChI=1S/C10H17N3/c11-13-12-7-9-6-5-8-3-1-2-4-10(8)9/h8-10H,1-7H2. The fourth-order valence-corrected chi connectivity index (χ4v) is 3.23. The highest BCUT2D eigenvalue weighted by atomic mass is 15.1. The maximum Gasteiger partial charge on any atom is 0.0289 e. The molecule has 2 fully saturated rings. The number of fused-ring (bicyclic) bond motifs is 1. The van der Waals surface area contributed by atoms with Gasteiger partial charge in [-0.15, -0.1) is 0 Å². The average Bonchev–Trinajstić information content (AvgIpc) is 2.58. The van der Waals surface area contributed by atoms with Crippen molar-refractivity contribution in [1.82, 2.24) is 0 Å². The molecule has 0 saturated heterocycles. The largest absolute Gasteiger partial charge is 0.0937 e. The maximum atomic E-state index is 8.28. The van der Waals surface area contributed by atoms with E-state index in [4.69, 9.17) is 5.53 Å². The lowest BCUT2D eigenvalue weighted by atomic mass is 9.78. The van der Waals surface area contributed by atoms with Crippen LogP contribution in [0.2, 0.25) is 0 Å². The van der Waals surface area contributed by atoms with Crippen LogP contribution >= 0.6 is 0 Å². The van der Waals surface area contributed by atoms with Crippen LogP contribution in [0, 0.1) is 17.8 Å². The first-order valence-electron chi connectivity index (χ1n) is 5.42. The number of azide groups is 1. The smallest absolute Gasteiger partial charge is 0.0289 e. The van der Waals surface area contributed by atoms with Crippen molar-refractivity contribution in [3.05, 3.63) is 10.4 Å². The fourth-order valence-electron chi connectivity index (χ4n) is 3.23. The molecule has 0 amide bonds. The second-order valence-corrected chi connectivity index (χ2v) is 4.46. The fraction of sp³-hybridized carbons (Fsp3) is 1.00. The molecule has 0 radical (unpaired) electrons. The Labute approximate surface area is 79.1 Å². The Hall–Kier alpha value is -0.690. The average molecular weight is 179 g/mol. The Morgan fingerprint density at radius 2 is 2.00 bits per heavy atom. The summed E-state index contributed by atoms with van der Waals surface area (Å²) in [5.41, 5.74) is 8.28. The van der Waals surface area contributed by atoms with E-state index in [1.165, 1.54) is 38.5 Å². The van der Waals surface area contributed by atoms with Crippen molar-refractivity contribution in [1.29, 1.82) is 0 Å². The third-order valence-electron chi connectivity index (χ3n) is 3.86. The van der Waals surface area contributed by atoms with E-state index in [9.17, 15) is 0 Å². The Morgan fingerprint density at radius 1 is 1.15 bits per heavy atom. The minimum absolute atomic E-state index is 0.709. The van der Waals surface area contributed by atoms with E-state index >= 15 is 0 Å². The topological polar surface area (TPSA) is 48.8 Å². The summed E-state index contributed by atoms with van der Waals surface area (Å²) in [6.07, 6.45) is 8.32. The molecule has 0 aliphatic heterocycles. The van der Waals surface area contributed by atoms with Gasteiger partial charge in [0.05, 0.1) is 0 Å². The van der Waals surface area contributed by atoms with E-state index in [-0.39, 0.29) is 0 Å². The van der Waals surface area contributed by atoms with Gasteiger partial charge in [-0.3, -0.25) is 0 Å². The highest BCUT2D eigenvalue weighted by Crippen LogP contribution is 2.45. The highest BCUT2D eigenvalue weighted by molar-refractivity contribution is 4.88. The minimum atomic E-state index is 0.709. The second-order valence-electron chi connectivity index (χ2n) is 4.46. The Morgan fingerprint density at radius 3 is 2.85 bits per heavy atom. The molecule has 0 N–H and O–H groups in total. The Balaban J connectivity index is 1.94. The summed E-state index contributed by atoms with van der Waals surface area (Å²) in [4.78, 5) is 2.86. The molecule has 2 aliphatic rings. The van der Waals surface area contributed by atoms with Gasteiger partial charge in [0.15, 0.2) is 0 Å². The molecule has 2 aliphatic carbocycles. The second kappa shape index (κ2) is 4.01. The van der Waals surface area contributed by atoms with E-state index < -0.39 is 0 Å². The van der Waals surface area contributed by atoms with Crippen molar-refractivity contribution < 1.29 is 0 Å². The van der Waals surface area contributed by atoms with Gasteiger partial charge in [0.1, 0.15) is 0 Å². The minimum Gasteiger partial charge on any atom is -0.0937 e. The van der Waals surface area contributed by atoms with Crippen LogP contribution in [0.5, 0.6) is 0 Å². The van der Waals surface area contributed by atoms with Gasteiger partial charge in [-0.1, -0.05) is 24.4 Å². The lowest BCUT2D eigenvalue weighted by Gasteiger charge is -2.28. The summed E-state index contributed by atoms with van der Waals surface area (Å²) >= 11 is 0. The van der Waals surface area contributed by atoms with Crippen molar-refractivity contribution in [2.45, 2.75) is 38.5 Å². The lowest BCUT2D eigenvalue weighted by molar-refractivity contribution is 0.231. The molecule has 0 heterocycles. The van der Waals surface area contributed by atoms with E-state index in [1.54, 1.807) is 0 Å². The predicted molar refractivity (Wildman–Crippen MR) is 52.2 cm³/mol. The summed E-state index contributed by atoms with van der Waals surface area (Å²) in [6.45, 7) is 0.748. The maximum absolute atomic E-state index is 8.28. The van der Waals surface area contributed by atoms with E-state index in [1.807, 2.05) is 0 Å². The molecule has 0 aromatic heterocycles. The van der Waals surface area contributed by atoms with Crippen LogP contribution in [0.4, 0.5) is 0 Å². The first-order valence-corrected chi connectivity index (χ1v) is 5.42. The predicted octanol–water partition coefficient (Wildman–Crippen LogP) is 3.51. The molecule has 3 atom stereocenters. The zero-order valence-corrected chi connectivity index (χ0v) is 8.02. The molecule has 72 valence electrons. The molecule has 0 bridgehead atoms. The third-order valence-corrected chi connectivity index (χ3v) is 3.86.